The van der Waals surface area contributed by atoms with Gasteiger partial charge in [0.2, 0.25) is 0 Å². The first-order chi connectivity index (χ1) is 23.7. The van der Waals surface area contributed by atoms with E-state index in [-0.39, 0.29) is 5.41 Å². The number of hydrogen-bond donors (Lipinski definition) is 0. The van der Waals surface area contributed by atoms with Crippen LogP contribution in [0.3, 0.4) is 0 Å². The second-order valence-corrected chi connectivity index (χ2v) is 14.6. The number of benzene rings is 5. The molecule has 4 aliphatic rings. The fourth-order valence-corrected chi connectivity index (χ4v) is 10.7. The molecule has 6 atom stereocenters. The van der Waals surface area contributed by atoms with Crippen molar-refractivity contribution < 1.29 is 4.42 Å². The summed E-state index contributed by atoms with van der Waals surface area (Å²) in [7, 11) is 0. The van der Waals surface area contributed by atoms with E-state index in [2.05, 4.69) is 146 Å². The standard InChI is InChI=1S/C46H39NO/c1-3-4-20-43-45(38-18-9-11-21-42(38)48-43)47(34-16-12-15-31(26-34)30-13-6-5-7-14-30)35-22-23-37-36-17-8-10-19-39(36)46(40(37)28-35)29(2)24-32-25-33-27-41(46)44(32)33/h3-23,26,28-29,32-33,41,44H,1,24-25,27H2,2H3/b20-4-. The SMILES string of the molecule is C=C/C=C\c1oc2ccccc2c1N(c1cccc(-c2ccccc2)c1)c1ccc2c(c1)C1(c3ccccc3-2)C(C)CC2CC3CC1C23. The van der Waals surface area contributed by atoms with Crippen LogP contribution in [-0.2, 0) is 5.41 Å². The Labute approximate surface area is 283 Å². The van der Waals surface area contributed by atoms with Crippen molar-refractivity contribution in [3.63, 3.8) is 0 Å². The maximum Gasteiger partial charge on any atom is 0.152 e. The summed E-state index contributed by atoms with van der Waals surface area (Å²) in [5.41, 5.74) is 12.6. The zero-order chi connectivity index (χ0) is 32.0. The largest absolute Gasteiger partial charge is 0.454 e. The molecule has 3 saturated carbocycles. The van der Waals surface area contributed by atoms with Gasteiger partial charge in [-0.2, -0.15) is 0 Å². The number of furan rings is 1. The monoisotopic (exact) mass is 621 g/mol. The molecule has 5 aromatic carbocycles. The van der Waals surface area contributed by atoms with Crippen molar-refractivity contribution in [2.45, 2.75) is 31.6 Å². The normalized spacial score (nSPS) is 26.1. The first kappa shape index (κ1) is 28.0. The third kappa shape index (κ3) is 3.75. The van der Waals surface area contributed by atoms with Gasteiger partial charge >= 0.3 is 0 Å². The van der Waals surface area contributed by atoms with Crippen molar-refractivity contribution in [1.82, 2.24) is 0 Å². The summed E-state index contributed by atoms with van der Waals surface area (Å²) in [6, 6.07) is 44.8. The van der Waals surface area contributed by atoms with Gasteiger partial charge in [0.1, 0.15) is 11.3 Å². The fourth-order valence-electron chi connectivity index (χ4n) is 10.7. The minimum atomic E-state index is 0.0572. The van der Waals surface area contributed by atoms with Crippen LogP contribution in [0.1, 0.15) is 43.1 Å². The van der Waals surface area contributed by atoms with E-state index in [0.717, 1.165) is 51.8 Å². The minimum absolute atomic E-state index is 0.0572. The van der Waals surface area contributed by atoms with Crippen LogP contribution in [0, 0.1) is 29.6 Å². The van der Waals surface area contributed by atoms with Crippen LogP contribution in [-0.4, -0.2) is 0 Å². The maximum atomic E-state index is 6.59. The molecule has 4 aliphatic carbocycles. The van der Waals surface area contributed by atoms with E-state index in [1.54, 1.807) is 5.56 Å². The topological polar surface area (TPSA) is 16.4 Å². The maximum absolute atomic E-state index is 6.59. The smallest absolute Gasteiger partial charge is 0.152 e. The van der Waals surface area contributed by atoms with Crippen LogP contribution < -0.4 is 4.90 Å². The van der Waals surface area contributed by atoms with E-state index in [9.17, 15) is 0 Å². The van der Waals surface area contributed by atoms with Crippen LogP contribution in [0.2, 0.25) is 0 Å². The molecule has 0 aliphatic heterocycles. The summed E-state index contributed by atoms with van der Waals surface area (Å²) in [5.74, 6) is 4.89. The van der Waals surface area contributed by atoms with Gasteiger partial charge in [0.25, 0.3) is 0 Å². The van der Waals surface area contributed by atoms with Crippen molar-refractivity contribution >= 4 is 34.1 Å². The Morgan fingerprint density at radius 3 is 2.33 bits per heavy atom. The van der Waals surface area contributed by atoms with E-state index in [1.165, 1.54) is 52.8 Å². The average molecular weight is 622 g/mol. The van der Waals surface area contributed by atoms with Crippen LogP contribution in [0.25, 0.3) is 39.3 Å². The molecule has 0 radical (unpaired) electrons. The molecule has 2 nitrogen and oxygen atoms in total. The van der Waals surface area contributed by atoms with Crippen molar-refractivity contribution in [2.24, 2.45) is 29.6 Å². The molecule has 6 unspecified atom stereocenters. The number of para-hydroxylation sites is 1. The number of allylic oxidation sites excluding steroid dienone is 2. The predicted molar refractivity (Wildman–Crippen MR) is 199 cm³/mol. The third-order valence-electron chi connectivity index (χ3n) is 12.5. The molecule has 10 rings (SSSR count). The van der Waals surface area contributed by atoms with Crippen molar-refractivity contribution in [3.05, 3.63) is 157 Å². The highest BCUT2D eigenvalue weighted by Crippen LogP contribution is 2.74. The highest BCUT2D eigenvalue weighted by molar-refractivity contribution is 6.01. The lowest BCUT2D eigenvalue weighted by Crippen LogP contribution is -2.64. The van der Waals surface area contributed by atoms with Gasteiger partial charge in [0.05, 0.1) is 0 Å². The molecule has 0 amide bonds. The molecule has 1 aromatic heterocycles. The molecule has 1 heterocycles. The molecule has 6 aromatic rings. The predicted octanol–water partition coefficient (Wildman–Crippen LogP) is 12.3. The number of anilines is 3. The van der Waals surface area contributed by atoms with Crippen molar-refractivity contribution in [2.75, 3.05) is 4.90 Å². The Hall–Kier alpha value is -5.08. The van der Waals surface area contributed by atoms with E-state index in [1.807, 2.05) is 12.2 Å². The zero-order valence-electron chi connectivity index (χ0n) is 27.3. The molecule has 0 N–H and O–H groups in total. The van der Waals surface area contributed by atoms with Crippen LogP contribution >= 0.6 is 0 Å². The molecule has 3 fully saturated rings. The summed E-state index contributed by atoms with van der Waals surface area (Å²) in [6.07, 6.45) is 10.00. The summed E-state index contributed by atoms with van der Waals surface area (Å²) in [5, 5.41) is 1.09. The number of rotatable bonds is 6. The highest BCUT2D eigenvalue weighted by Gasteiger charge is 2.68. The minimum Gasteiger partial charge on any atom is -0.454 e. The van der Waals surface area contributed by atoms with Crippen molar-refractivity contribution in [3.8, 4) is 22.3 Å². The molecular formula is C46H39NO. The van der Waals surface area contributed by atoms with Gasteiger partial charge in [-0.3, -0.25) is 0 Å². The Morgan fingerprint density at radius 1 is 0.708 bits per heavy atom. The Kier molecular flexibility index (Phi) is 6.10. The first-order valence-electron chi connectivity index (χ1n) is 17.7. The molecule has 234 valence electrons. The Morgan fingerprint density at radius 2 is 1.46 bits per heavy atom. The Bertz CT molecular complexity index is 2260. The summed E-state index contributed by atoms with van der Waals surface area (Å²) in [6.45, 7) is 6.52. The van der Waals surface area contributed by atoms with Crippen LogP contribution in [0.5, 0.6) is 0 Å². The molecule has 2 heteroatoms. The fraction of sp³-hybridized carbons (Fsp3) is 0.217. The lowest BCUT2D eigenvalue weighted by Gasteiger charge is -2.69. The van der Waals surface area contributed by atoms with Crippen LogP contribution in [0.4, 0.5) is 17.1 Å². The molecule has 0 saturated heterocycles. The van der Waals surface area contributed by atoms with E-state index < -0.39 is 0 Å². The quantitative estimate of drug-likeness (QED) is 0.172. The number of nitrogens with zero attached hydrogens (tertiary/aromatic N) is 1. The first-order valence-corrected chi connectivity index (χ1v) is 17.7. The van der Waals surface area contributed by atoms with Gasteiger partial charge in [-0.25, -0.2) is 0 Å². The summed E-state index contributed by atoms with van der Waals surface area (Å²) < 4.78 is 6.59. The molecular weight excluding hydrogens is 583 g/mol. The Balaban J connectivity index is 1.23. The van der Waals surface area contributed by atoms with E-state index >= 15 is 0 Å². The summed E-state index contributed by atoms with van der Waals surface area (Å²) in [4.78, 5) is 2.45. The van der Waals surface area contributed by atoms with Gasteiger partial charge in [0.15, 0.2) is 5.76 Å². The molecule has 0 bridgehead atoms. The van der Waals surface area contributed by atoms with E-state index in [0.29, 0.717) is 5.92 Å². The van der Waals surface area contributed by atoms with Gasteiger partial charge in [0, 0.05) is 22.2 Å². The number of hydrogen-bond acceptors (Lipinski definition) is 2. The van der Waals surface area contributed by atoms with E-state index in [4.69, 9.17) is 4.42 Å². The van der Waals surface area contributed by atoms with Gasteiger partial charge in [-0.05, 0) is 125 Å². The third-order valence-corrected chi connectivity index (χ3v) is 12.5. The van der Waals surface area contributed by atoms with Crippen LogP contribution in [0.15, 0.2) is 144 Å². The average Bonchev–Trinajstić information content (AvgIpc) is 3.62. The second kappa shape index (κ2) is 10.5. The van der Waals surface area contributed by atoms with Gasteiger partial charge in [-0.1, -0.05) is 111 Å². The second-order valence-electron chi connectivity index (χ2n) is 14.6. The molecule has 1 spiro atoms. The highest BCUT2D eigenvalue weighted by atomic mass is 16.3. The van der Waals surface area contributed by atoms with Crippen molar-refractivity contribution in [1.29, 1.82) is 0 Å². The summed E-state index contributed by atoms with van der Waals surface area (Å²) >= 11 is 0. The lowest BCUT2D eigenvalue weighted by molar-refractivity contribution is -0.168. The molecule has 48 heavy (non-hydrogen) atoms. The van der Waals surface area contributed by atoms with Gasteiger partial charge < -0.3 is 9.32 Å². The lowest BCUT2D eigenvalue weighted by atomic mass is 9.34. The van der Waals surface area contributed by atoms with Gasteiger partial charge in [-0.15, -0.1) is 0 Å². The zero-order valence-corrected chi connectivity index (χ0v) is 27.3. The number of fused-ring (bicyclic) bond motifs is 7.